The molecule has 12 atom stereocenters. The van der Waals surface area contributed by atoms with Gasteiger partial charge >= 0.3 is 30.3 Å². The first-order chi connectivity index (χ1) is 69.4. The van der Waals surface area contributed by atoms with Crippen LogP contribution in [0, 0.1) is 35.5 Å². The molecule has 6 fully saturated rings. The van der Waals surface area contributed by atoms with Crippen LogP contribution >= 0.6 is 0 Å². The number of halogens is 3. The van der Waals surface area contributed by atoms with Crippen molar-refractivity contribution in [3.05, 3.63) is 264 Å². The highest BCUT2D eigenvalue weighted by Gasteiger charge is 2.61. The first-order valence-corrected chi connectivity index (χ1v) is 48.7. The summed E-state index contributed by atoms with van der Waals surface area (Å²) in [5.74, 6) is -5.57. The van der Waals surface area contributed by atoms with E-state index in [-0.39, 0.29) is 91.2 Å². The summed E-state index contributed by atoms with van der Waals surface area (Å²) in [7, 11) is 4.86. The van der Waals surface area contributed by atoms with Crippen molar-refractivity contribution in [2.45, 2.75) is 197 Å². The molecule has 16 amide bonds. The number of carbonyl (C=O) groups excluding carboxylic acids is 12. The Hall–Kier alpha value is -15.7. The van der Waals surface area contributed by atoms with Gasteiger partial charge in [-0.3, -0.25) is 67.8 Å². The normalized spacial score (nSPS) is 20.2. The summed E-state index contributed by atoms with van der Waals surface area (Å²) in [6.07, 6.45) is 20.8. The molecule has 36 nitrogen and oxygen atoms in total. The van der Waals surface area contributed by atoms with Crippen molar-refractivity contribution in [1.82, 2.24) is 80.7 Å². The summed E-state index contributed by atoms with van der Waals surface area (Å²) in [5, 5.41) is 11.1. The van der Waals surface area contributed by atoms with E-state index in [0.717, 1.165) is 100 Å². The number of likely N-dealkylation sites (tertiary alicyclic amines) is 4. The molecular formula is C105H121F3N24O12. The van der Waals surface area contributed by atoms with Crippen molar-refractivity contribution in [2.24, 2.45) is 35.5 Å². The summed E-state index contributed by atoms with van der Waals surface area (Å²) >= 11 is 0. The molecule has 754 valence electrons. The zero-order valence-corrected chi connectivity index (χ0v) is 81.1. The van der Waals surface area contributed by atoms with Crippen molar-refractivity contribution in [2.75, 3.05) is 70.2 Å². The third kappa shape index (κ3) is 24.3. The minimum atomic E-state index is -4.70. The maximum atomic E-state index is 14.0. The number of rotatable bonds is 26. The number of carbonyl (C=O) groups is 12. The molecule has 0 radical (unpaired) electrons. The predicted octanol–water partition coefficient (Wildman–Crippen LogP) is 12.7. The zero-order chi connectivity index (χ0) is 103. The van der Waals surface area contributed by atoms with Gasteiger partial charge in [0.2, 0.25) is 35.5 Å². The Bertz CT molecular complexity index is 6200. The second-order valence-electron chi connectivity index (χ2n) is 36.9. The van der Waals surface area contributed by atoms with Gasteiger partial charge in [0.05, 0.1) is 35.8 Å². The van der Waals surface area contributed by atoms with Crippen molar-refractivity contribution >= 4 is 118 Å². The molecule has 4 aliphatic heterocycles. The SMILES string of the molecule is CCN(C(=O)[C@@H]1[C@@H](Cc2ccnc(N)c2)C(=O)N1C(=O)N[C@@H](C1CCCCC1)C(F)(F)F)c1ncccn1.CC[C@@H](NC(=O)N1C(=O)[C@H](Cc2ccnc(N)c2)[C@H]1C(=O)N(C)c1ccccc1)c1ccccc1.CC[C@@H](NC(=O)N1C(=O)[C@H](Cc2ccnc(N)c2)[C@H]1C(=O)N(C)c1ncccn1)C1CCCCC1.CN(C(=O)[C@@H]1[C@@H](Cc2ccnc(N)c2)C(=O)N1C(=O)NC1CCCc2ccccc21)c1ccccc1. The van der Waals surface area contributed by atoms with Gasteiger partial charge in [-0.05, 0) is 226 Å². The van der Waals surface area contributed by atoms with E-state index in [0.29, 0.717) is 83.7 Å². The Morgan fingerprint density at radius 1 is 0.389 bits per heavy atom. The third-order valence-electron chi connectivity index (χ3n) is 27.7. The molecule has 39 heteroatoms. The quantitative estimate of drug-likeness (QED) is 0.0233. The van der Waals surface area contributed by atoms with Gasteiger partial charge in [-0.25, -0.2) is 59.0 Å². The molecule has 0 spiro atoms. The number of alkyl halides is 3. The summed E-state index contributed by atoms with van der Waals surface area (Å²) in [6, 6.07) is 43.0. The van der Waals surface area contributed by atoms with Gasteiger partial charge in [-0.1, -0.05) is 143 Å². The Morgan fingerprint density at radius 3 is 1.16 bits per heavy atom. The van der Waals surface area contributed by atoms with Crippen LogP contribution in [0.5, 0.6) is 0 Å². The summed E-state index contributed by atoms with van der Waals surface area (Å²) in [5.41, 5.74) is 30.7. The number of β-lactam (4-membered cyclic amide) rings is 4. The molecule has 2 saturated carbocycles. The highest BCUT2D eigenvalue weighted by molar-refractivity contribution is 6.16. The molecule has 7 aliphatic rings. The Labute approximate surface area is 832 Å². The van der Waals surface area contributed by atoms with Crippen LogP contribution in [0.25, 0.3) is 0 Å². The van der Waals surface area contributed by atoms with E-state index in [9.17, 15) is 70.7 Å². The third-order valence-corrected chi connectivity index (χ3v) is 27.7. The number of fused-ring (bicyclic) bond motifs is 1. The maximum absolute atomic E-state index is 14.0. The number of likely N-dealkylation sites (N-methyl/N-ethyl adjacent to an activating group) is 4. The molecule has 4 aromatic carbocycles. The second-order valence-corrected chi connectivity index (χ2v) is 36.9. The number of nitrogens with one attached hydrogen (secondary N) is 4. The number of para-hydroxylation sites is 2. The number of pyridine rings is 4. The van der Waals surface area contributed by atoms with Crippen molar-refractivity contribution < 1.29 is 70.7 Å². The molecule has 17 rings (SSSR count). The van der Waals surface area contributed by atoms with E-state index >= 15 is 0 Å². The lowest BCUT2D eigenvalue weighted by molar-refractivity contribution is -0.170. The standard InChI is InChI=1S/C28H29N5O3.C27H29N5O3.C25H30F3N7O3.C25H33N7O3/c1-32(20-10-3-2-4-11-20)27(35)25-22(16-18-14-15-30-24(29)17-18)26(34)33(25)28(36)31-23-13-7-9-19-8-5-6-12-21(19)23;1-3-22(19-10-6-4-7-11-19)30-27(35)32-24(26(34)31(2)20-12-8-5-9-13-20)21(25(32)33)16-18-14-15-29-23(28)17-18;1-2-34(23-31-10-6-11-32-23)22(37)19-17(13-15-9-12-30-18(29)14-15)21(36)35(19)24(38)33-20(25(26,27)28)16-7-4-3-5-8-16;1-3-19(17-8-5-4-6-9-17)30-25(35)32-21(23(34)31(2)24-28-11-7-12-29-24)18(22(32)33)14-16-10-13-27-20(26)15-16/h2-6,8,10-12,14-15,17,22-23,25H,7,9,13,16H2,1H3,(H2,29,30)(H,31,36);4-15,17,21-22,24H,3,16H2,1-2H3,(H2,28,29)(H,30,35);6,9-12,14,16-17,19-20H,2-5,7-8,13H2,1H3,(H2,29,30)(H,33,38);7,10-13,15,17-19,21H,3-6,8-9,14H2,1-2H3,(H2,26,27)(H,30,35)/t22-,23?,25+;21-,22-,24+;17-,19+,20+;18-,19-,21+/m1111/s1. The van der Waals surface area contributed by atoms with Gasteiger partial charge in [0.25, 0.3) is 23.6 Å². The first-order valence-electron chi connectivity index (χ1n) is 48.7. The van der Waals surface area contributed by atoms with Crippen LogP contribution in [0.1, 0.15) is 162 Å². The van der Waals surface area contributed by atoms with Crippen LogP contribution in [0.2, 0.25) is 0 Å². The van der Waals surface area contributed by atoms with Crippen LogP contribution in [0.3, 0.4) is 0 Å². The molecule has 10 heterocycles. The van der Waals surface area contributed by atoms with Gasteiger partial charge in [0.1, 0.15) is 53.5 Å². The number of anilines is 8. The van der Waals surface area contributed by atoms with Crippen LogP contribution in [0.15, 0.2) is 225 Å². The number of nitrogens with zero attached hydrogens (tertiary/aromatic N) is 16. The fraction of sp³-hybridized carbons (Fsp3) is 0.390. The van der Waals surface area contributed by atoms with E-state index < -0.39 is 108 Å². The molecule has 1 unspecified atom stereocenters. The summed E-state index contributed by atoms with van der Waals surface area (Å²) in [6.45, 7) is 5.78. The fourth-order valence-electron chi connectivity index (χ4n) is 20.1. The minimum Gasteiger partial charge on any atom is -0.384 e. The van der Waals surface area contributed by atoms with Gasteiger partial charge in [-0.2, -0.15) is 13.2 Å². The number of aryl methyl sites for hydroxylation is 1. The smallest absolute Gasteiger partial charge is 0.384 e. The van der Waals surface area contributed by atoms with Crippen LogP contribution in [-0.2, 0) is 70.5 Å². The van der Waals surface area contributed by atoms with Gasteiger partial charge in [0, 0.05) is 94.7 Å². The lowest BCUT2D eigenvalue weighted by atomic mass is 9.81. The topological polar surface area (TPSA) is 486 Å². The number of amides is 16. The van der Waals surface area contributed by atoms with Gasteiger partial charge < -0.3 is 54.0 Å². The maximum Gasteiger partial charge on any atom is 0.408 e. The van der Waals surface area contributed by atoms with Gasteiger partial charge in [-0.15, -0.1) is 0 Å². The Kier molecular flexibility index (Phi) is 34.5. The largest absolute Gasteiger partial charge is 0.408 e. The van der Waals surface area contributed by atoms with Crippen LogP contribution in [0.4, 0.5) is 78.9 Å². The molecule has 10 aromatic rings. The van der Waals surface area contributed by atoms with E-state index in [2.05, 4.69) is 61.9 Å². The summed E-state index contributed by atoms with van der Waals surface area (Å²) < 4.78 is 41.9. The lowest BCUT2D eigenvalue weighted by Crippen LogP contribution is -2.72. The van der Waals surface area contributed by atoms with E-state index in [4.69, 9.17) is 22.9 Å². The van der Waals surface area contributed by atoms with E-state index in [1.807, 2.05) is 128 Å². The summed E-state index contributed by atoms with van der Waals surface area (Å²) in [4.78, 5) is 202. The lowest BCUT2D eigenvalue weighted by Gasteiger charge is -2.46. The number of aromatic nitrogens is 8. The number of hydrogen-bond donors (Lipinski definition) is 8. The van der Waals surface area contributed by atoms with Gasteiger partial charge in [0.15, 0.2) is 0 Å². The van der Waals surface area contributed by atoms with E-state index in [1.165, 1.54) is 68.6 Å². The van der Waals surface area contributed by atoms with E-state index in [1.54, 1.807) is 101 Å². The molecule has 6 aromatic heterocycles. The second kappa shape index (κ2) is 47.7. The number of hydrogen-bond acceptors (Lipinski definition) is 24. The molecule has 4 saturated heterocycles. The monoisotopic (exact) mass is 1970 g/mol. The molecule has 12 N–H and O–H groups in total. The number of imide groups is 4. The number of urea groups is 4. The Morgan fingerprint density at radius 2 is 0.757 bits per heavy atom. The average Bonchev–Trinajstić information content (AvgIpc) is 0.757. The number of nitrogen functional groups attached to an aromatic ring is 4. The molecule has 144 heavy (non-hydrogen) atoms. The first kappa shape index (κ1) is 104. The highest BCUT2D eigenvalue weighted by atomic mass is 19.4. The fourth-order valence-corrected chi connectivity index (χ4v) is 20.1. The van der Waals surface area contributed by atoms with Crippen molar-refractivity contribution in [3.63, 3.8) is 0 Å². The molecule has 0 bridgehead atoms. The number of nitrogens with two attached hydrogens (primary N) is 4. The molecular weight excluding hydrogens is 1850 g/mol. The van der Waals surface area contributed by atoms with Crippen LogP contribution < -0.4 is 63.8 Å². The highest BCUT2D eigenvalue weighted by Crippen LogP contribution is 2.42. The predicted molar refractivity (Wildman–Crippen MR) is 534 cm³/mol. The molecule has 3 aliphatic carbocycles. The minimum absolute atomic E-state index is 0.0272. The van der Waals surface area contributed by atoms with Crippen molar-refractivity contribution in [1.29, 1.82) is 0 Å². The zero-order valence-electron chi connectivity index (χ0n) is 81.1. The average molecular weight is 1970 g/mol. The number of benzene rings is 4. The Balaban J connectivity index is 0.000000152. The van der Waals surface area contributed by atoms with Crippen LogP contribution in [-0.4, -0.2) is 201 Å². The van der Waals surface area contributed by atoms with Crippen molar-refractivity contribution in [3.8, 4) is 0 Å².